The molecular weight excluding hydrogens is 294 g/mol. The average molecular weight is 315 g/mol. The SMILES string of the molecule is CC(Cn1ncc2ccccc2c1=O)NC(=O)C1(O)CCCC1. The lowest BCUT2D eigenvalue weighted by Gasteiger charge is -2.24. The van der Waals surface area contributed by atoms with Crippen LogP contribution in [0.4, 0.5) is 0 Å². The van der Waals surface area contributed by atoms with E-state index in [1.54, 1.807) is 19.2 Å². The van der Waals surface area contributed by atoms with E-state index in [0.29, 0.717) is 18.2 Å². The summed E-state index contributed by atoms with van der Waals surface area (Å²) < 4.78 is 1.35. The van der Waals surface area contributed by atoms with Crippen molar-refractivity contribution >= 4 is 16.7 Å². The summed E-state index contributed by atoms with van der Waals surface area (Å²) >= 11 is 0. The molecule has 1 unspecified atom stereocenters. The minimum absolute atomic E-state index is 0.177. The van der Waals surface area contributed by atoms with Gasteiger partial charge in [0.1, 0.15) is 5.60 Å². The van der Waals surface area contributed by atoms with Crippen LogP contribution >= 0.6 is 0 Å². The van der Waals surface area contributed by atoms with E-state index in [0.717, 1.165) is 18.2 Å². The minimum atomic E-state index is -1.25. The van der Waals surface area contributed by atoms with Gasteiger partial charge in [-0.15, -0.1) is 0 Å². The van der Waals surface area contributed by atoms with E-state index >= 15 is 0 Å². The molecule has 1 amide bonds. The van der Waals surface area contributed by atoms with Gasteiger partial charge in [-0.1, -0.05) is 18.2 Å². The molecule has 122 valence electrons. The van der Waals surface area contributed by atoms with Crippen molar-refractivity contribution in [3.63, 3.8) is 0 Å². The molecular formula is C17H21N3O3. The second-order valence-corrected chi connectivity index (χ2v) is 6.33. The molecule has 6 nitrogen and oxygen atoms in total. The largest absolute Gasteiger partial charge is 0.380 e. The van der Waals surface area contributed by atoms with Crippen molar-refractivity contribution in [2.75, 3.05) is 0 Å². The predicted molar refractivity (Wildman–Crippen MR) is 87.0 cm³/mol. The topological polar surface area (TPSA) is 84.2 Å². The van der Waals surface area contributed by atoms with Crippen molar-refractivity contribution in [2.24, 2.45) is 0 Å². The summed E-state index contributed by atoms with van der Waals surface area (Å²) in [6.45, 7) is 2.07. The number of fused-ring (bicyclic) bond motifs is 1. The minimum Gasteiger partial charge on any atom is -0.380 e. The van der Waals surface area contributed by atoms with Crippen LogP contribution in [0, 0.1) is 0 Å². The van der Waals surface area contributed by atoms with E-state index in [2.05, 4.69) is 10.4 Å². The lowest BCUT2D eigenvalue weighted by atomic mass is 10.0. The van der Waals surface area contributed by atoms with Crippen LogP contribution in [-0.4, -0.2) is 32.4 Å². The van der Waals surface area contributed by atoms with E-state index in [4.69, 9.17) is 0 Å². The Hall–Kier alpha value is -2.21. The maximum Gasteiger partial charge on any atom is 0.274 e. The molecule has 0 radical (unpaired) electrons. The molecule has 0 aliphatic heterocycles. The number of benzene rings is 1. The third-order valence-corrected chi connectivity index (χ3v) is 4.44. The number of rotatable bonds is 4. The summed E-state index contributed by atoms with van der Waals surface area (Å²) in [4.78, 5) is 24.6. The summed E-state index contributed by atoms with van der Waals surface area (Å²) in [5, 5.41) is 18.6. The quantitative estimate of drug-likeness (QED) is 0.888. The molecule has 1 atom stereocenters. The Balaban J connectivity index is 1.73. The number of amides is 1. The number of carbonyl (C=O) groups is 1. The van der Waals surface area contributed by atoms with E-state index < -0.39 is 5.60 Å². The molecule has 1 aliphatic carbocycles. The molecule has 0 spiro atoms. The van der Waals surface area contributed by atoms with Crippen molar-refractivity contribution in [2.45, 2.75) is 50.8 Å². The molecule has 2 N–H and O–H groups in total. The molecule has 6 heteroatoms. The number of hydrogen-bond donors (Lipinski definition) is 2. The van der Waals surface area contributed by atoms with Gasteiger partial charge in [-0.25, -0.2) is 4.68 Å². The Bertz CT molecular complexity index is 778. The fourth-order valence-electron chi connectivity index (χ4n) is 3.11. The fraction of sp³-hybridized carbons (Fsp3) is 0.471. The molecule has 1 saturated carbocycles. The van der Waals surface area contributed by atoms with Crippen LogP contribution in [0.1, 0.15) is 32.6 Å². The molecule has 23 heavy (non-hydrogen) atoms. The number of hydrogen-bond acceptors (Lipinski definition) is 4. The van der Waals surface area contributed by atoms with Crippen molar-refractivity contribution < 1.29 is 9.90 Å². The Labute approximate surface area is 134 Å². The predicted octanol–water partition coefficient (Wildman–Crippen LogP) is 1.21. The van der Waals surface area contributed by atoms with Gasteiger partial charge in [0, 0.05) is 11.4 Å². The Morgan fingerprint density at radius 3 is 2.83 bits per heavy atom. The Kier molecular flexibility index (Phi) is 4.17. The van der Waals surface area contributed by atoms with Gasteiger partial charge >= 0.3 is 0 Å². The molecule has 1 fully saturated rings. The molecule has 1 aromatic heterocycles. The van der Waals surface area contributed by atoms with Crippen molar-refractivity contribution in [3.8, 4) is 0 Å². The lowest BCUT2D eigenvalue weighted by Crippen LogP contribution is -2.49. The lowest BCUT2D eigenvalue weighted by molar-refractivity contribution is -0.139. The summed E-state index contributed by atoms with van der Waals surface area (Å²) in [5.41, 5.74) is -1.43. The van der Waals surface area contributed by atoms with Gasteiger partial charge in [-0.2, -0.15) is 5.10 Å². The first-order valence-corrected chi connectivity index (χ1v) is 7.98. The maximum absolute atomic E-state index is 12.4. The number of nitrogens with one attached hydrogen (secondary N) is 1. The first-order valence-electron chi connectivity index (χ1n) is 7.98. The number of carbonyl (C=O) groups excluding carboxylic acids is 1. The van der Waals surface area contributed by atoms with Crippen LogP contribution in [0.2, 0.25) is 0 Å². The van der Waals surface area contributed by atoms with Crippen LogP contribution in [0.5, 0.6) is 0 Å². The van der Waals surface area contributed by atoms with Gasteiger partial charge in [0.15, 0.2) is 0 Å². The molecule has 1 heterocycles. The van der Waals surface area contributed by atoms with E-state index in [1.165, 1.54) is 4.68 Å². The van der Waals surface area contributed by atoms with Gasteiger partial charge in [0.2, 0.25) is 0 Å². The molecule has 1 aromatic carbocycles. The number of aromatic nitrogens is 2. The summed E-state index contributed by atoms with van der Waals surface area (Å²) in [5.74, 6) is -0.351. The molecule has 2 aromatic rings. The Morgan fingerprint density at radius 1 is 1.39 bits per heavy atom. The van der Waals surface area contributed by atoms with Crippen LogP contribution < -0.4 is 10.9 Å². The highest BCUT2D eigenvalue weighted by molar-refractivity contribution is 5.85. The summed E-state index contributed by atoms with van der Waals surface area (Å²) in [6, 6.07) is 6.99. The molecule has 0 saturated heterocycles. The second kappa shape index (κ2) is 6.12. The normalized spacial score (nSPS) is 18.0. The van der Waals surface area contributed by atoms with Crippen molar-refractivity contribution in [1.82, 2.24) is 15.1 Å². The van der Waals surface area contributed by atoms with E-state index in [9.17, 15) is 14.7 Å². The third kappa shape index (κ3) is 3.12. The third-order valence-electron chi connectivity index (χ3n) is 4.44. The van der Waals surface area contributed by atoms with Crippen LogP contribution in [0.3, 0.4) is 0 Å². The van der Waals surface area contributed by atoms with E-state index in [-0.39, 0.29) is 24.1 Å². The van der Waals surface area contributed by atoms with Gasteiger partial charge in [0.25, 0.3) is 11.5 Å². The smallest absolute Gasteiger partial charge is 0.274 e. The summed E-state index contributed by atoms with van der Waals surface area (Å²) in [6.07, 6.45) is 4.38. The van der Waals surface area contributed by atoms with Gasteiger partial charge in [-0.3, -0.25) is 9.59 Å². The maximum atomic E-state index is 12.4. The molecule has 0 bridgehead atoms. The van der Waals surface area contributed by atoms with Gasteiger partial charge in [0.05, 0.1) is 18.1 Å². The molecule has 3 rings (SSSR count). The highest BCUT2D eigenvalue weighted by Crippen LogP contribution is 2.29. The zero-order chi connectivity index (χ0) is 16.4. The van der Waals surface area contributed by atoms with Crippen LogP contribution in [0.25, 0.3) is 10.8 Å². The monoisotopic (exact) mass is 315 g/mol. The van der Waals surface area contributed by atoms with Crippen molar-refractivity contribution in [3.05, 3.63) is 40.8 Å². The summed E-state index contributed by atoms with van der Waals surface area (Å²) in [7, 11) is 0. The van der Waals surface area contributed by atoms with Crippen molar-refractivity contribution in [1.29, 1.82) is 0 Å². The average Bonchev–Trinajstić information content (AvgIpc) is 2.98. The zero-order valence-corrected chi connectivity index (χ0v) is 13.2. The standard InChI is InChI=1S/C17H21N3O3/c1-12(19-16(22)17(23)8-4-5-9-17)11-20-15(21)14-7-3-2-6-13(14)10-18-20/h2-3,6-7,10,12,23H,4-5,8-9,11H2,1H3,(H,19,22). The Morgan fingerprint density at radius 2 is 2.09 bits per heavy atom. The van der Waals surface area contributed by atoms with Crippen LogP contribution in [0.15, 0.2) is 35.3 Å². The van der Waals surface area contributed by atoms with Gasteiger partial charge in [-0.05, 0) is 38.7 Å². The number of nitrogens with zero attached hydrogens (tertiary/aromatic N) is 2. The highest BCUT2D eigenvalue weighted by atomic mass is 16.3. The van der Waals surface area contributed by atoms with E-state index in [1.807, 2.05) is 18.2 Å². The first-order chi connectivity index (χ1) is 11.0. The van der Waals surface area contributed by atoms with Gasteiger partial charge < -0.3 is 10.4 Å². The molecule has 1 aliphatic rings. The zero-order valence-electron chi connectivity index (χ0n) is 13.2. The second-order valence-electron chi connectivity index (χ2n) is 6.33. The van der Waals surface area contributed by atoms with Crippen LogP contribution in [-0.2, 0) is 11.3 Å². The highest BCUT2D eigenvalue weighted by Gasteiger charge is 2.39. The fourth-order valence-corrected chi connectivity index (χ4v) is 3.11. The number of aliphatic hydroxyl groups is 1. The first kappa shape index (κ1) is 15.7.